The molecule has 0 spiro atoms. The van der Waals surface area contributed by atoms with Gasteiger partial charge in [-0.05, 0) is 31.4 Å². The maximum atomic E-state index is 5.99. The molecule has 2 aromatic rings. The van der Waals surface area contributed by atoms with Crippen LogP contribution < -0.4 is 15.4 Å². The van der Waals surface area contributed by atoms with Crippen molar-refractivity contribution in [3.8, 4) is 5.75 Å². The lowest BCUT2D eigenvalue weighted by molar-refractivity contribution is 0.222. The smallest absolute Gasteiger partial charge is 0.191 e. The molecule has 1 unspecified atom stereocenters. The number of rotatable bonds is 8. The van der Waals surface area contributed by atoms with Gasteiger partial charge in [-0.3, -0.25) is 4.99 Å². The summed E-state index contributed by atoms with van der Waals surface area (Å²) < 4.78 is 8.17. The van der Waals surface area contributed by atoms with Gasteiger partial charge in [0.1, 0.15) is 17.7 Å². The molecule has 2 N–H and O–H groups in total. The predicted molar refractivity (Wildman–Crippen MR) is 122 cm³/mol. The van der Waals surface area contributed by atoms with Crippen LogP contribution in [0.5, 0.6) is 5.75 Å². The van der Waals surface area contributed by atoms with E-state index >= 15 is 0 Å². The van der Waals surface area contributed by atoms with Crippen LogP contribution in [0.2, 0.25) is 0 Å². The first kappa shape index (κ1) is 23.3. The Kier molecular flexibility index (Phi) is 10.2. The molecular formula is C20H32IN5O. The SMILES string of the molecule is CN=C(NCc1nccn1CC(C)C)NCC(C)Oc1ccccc1C.I. The van der Waals surface area contributed by atoms with Crippen LogP contribution in [0, 0.1) is 12.8 Å². The topological polar surface area (TPSA) is 63.5 Å². The van der Waals surface area contributed by atoms with Gasteiger partial charge in [0.25, 0.3) is 0 Å². The van der Waals surface area contributed by atoms with Gasteiger partial charge in [-0.2, -0.15) is 0 Å². The lowest BCUT2D eigenvalue weighted by Gasteiger charge is -2.19. The highest BCUT2D eigenvalue weighted by Gasteiger charge is 2.09. The van der Waals surface area contributed by atoms with Gasteiger partial charge in [-0.1, -0.05) is 32.0 Å². The van der Waals surface area contributed by atoms with Crippen LogP contribution in [0.1, 0.15) is 32.2 Å². The molecule has 1 heterocycles. The third-order valence-corrected chi connectivity index (χ3v) is 3.98. The summed E-state index contributed by atoms with van der Waals surface area (Å²) in [5, 5.41) is 6.62. The van der Waals surface area contributed by atoms with Crippen LogP contribution in [-0.4, -0.2) is 35.2 Å². The Morgan fingerprint density at radius 1 is 1.22 bits per heavy atom. The Morgan fingerprint density at radius 2 is 1.96 bits per heavy atom. The molecule has 6 nitrogen and oxygen atoms in total. The molecular weight excluding hydrogens is 453 g/mol. The van der Waals surface area contributed by atoms with Crippen molar-refractivity contribution in [3.63, 3.8) is 0 Å². The summed E-state index contributed by atoms with van der Waals surface area (Å²) in [4.78, 5) is 8.71. The number of hydrogen-bond acceptors (Lipinski definition) is 3. The monoisotopic (exact) mass is 485 g/mol. The summed E-state index contributed by atoms with van der Waals surface area (Å²) in [6.45, 7) is 10.8. The predicted octanol–water partition coefficient (Wildman–Crippen LogP) is 3.60. The zero-order valence-corrected chi connectivity index (χ0v) is 19.2. The molecule has 7 heteroatoms. The quantitative estimate of drug-likeness (QED) is 0.341. The Labute approximate surface area is 179 Å². The number of para-hydroxylation sites is 1. The number of benzene rings is 1. The number of halogens is 1. The normalized spacial score (nSPS) is 12.4. The first-order valence-corrected chi connectivity index (χ1v) is 9.16. The largest absolute Gasteiger partial charge is 0.489 e. The number of nitrogens with one attached hydrogen (secondary N) is 2. The first-order valence-electron chi connectivity index (χ1n) is 9.16. The fourth-order valence-electron chi connectivity index (χ4n) is 2.64. The number of ether oxygens (including phenoxy) is 1. The van der Waals surface area contributed by atoms with Crippen LogP contribution in [0.4, 0.5) is 0 Å². The van der Waals surface area contributed by atoms with Crippen molar-refractivity contribution >= 4 is 29.9 Å². The van der Waals surface area contributed by atoms with Gasteiger partial charge >= 0.3 is 0 Å². The van der Waals surface area contributed by atoms with Crippen molar-refractivity contribution in [1.82, 2.24) is 20.2 Å². The number of aryl methyl sites for hydroxylation is 1. The molecule has 1 aromatic carbocycles. The van der Waals surface area contributed by atoms with E-state index in [1.54, 1.807) is 7.05 Å². The van der Waals surface area contributed by atoms with Crippen LogP contribution in [0.25, 0.3) is 0 Å². The van der Waals surface area contributed by atoms with E-state index in [4.69, 9.17) is 4.74 Å². The van der Waals surface area contributed by atoms with Crippen molar-refractivity contribution in [2.45, 2.75) is 46.9 Å². The second-order valence-electron chi connectivity index (χ2n) is 6.89. The minimum Gasteiger partial charge on any atom is -0.489 e. The van der Waals surface area contributed by atoms with E-state index < -0.39 is 0 Å². The molecule has 1 aromatic heterocycles. The Hall–Kier alpha value is -1.77. The molecule has 0 fully saturated rings. The highest BCUT2D eigenvalue weighted by molar-refractivity contribution is 14.0. The lowest BCUT2D eigenvalue weighted by atomic mass is 10.2. The third-order valence-electron chi connectivity index (χ3n) is 3.98. The molecule has 0 aliphatic heterocycles. The van der Waals surface area contributed by atoms with Crippen LogP contribution in [0.3, 0.4) is 0 Å². The fourth-order valence-corrected chi connectivity index (χ4v) is 2.64. The molecule has 0 saturated carbocycles. The van der Waals surface area contributed by atoms with E-state index in [0.29, 0.717) is 19.0 Å². The fraction of sp³-hybridized carbons (Fsp3) is 0.500. The zero-order chi connectivity index (χ0) is 18.9. The molecule has 0 bridgehead atoms. The van der Waals surface area contributed by atoms with Crippen LogP contribution in [0.15, 0.2) is 41.7 Å². The van der Waals surface area contributed by atoms with E-state index in [2.05, 4.69) is 52.0 Å². The number of nitrogens with zero attached hydrogens (tertiary/aromatic N) is 3. The second-order valence-corrected chi connectivity index (χ2v) is 6.89. The Bertz CT molecular complexity index is 714. The summed E-state index contributed by atoms with van der Waals surface area (Å²) in [6.07, 6.45) is 3.89. The summed E-state index contributed by atoms with van der Waals surface area (Å²) in [5.74, 6) is 3.25. The van der Waals surface area contributed by atoms with Crippen molar-refractivity contribution in [2.75, 3.05) is 13.6 Å². The zero-order valence-electron chi connectivity index (χ0n) is 16.9. The van der Waals surface area contributed by atoms with Gasteiger partial charge in [0, 0.05) is 26.0 Å². The minimum atomic E-state index is 0. The first-order chi connectivity index (χ1) is 12.5. The molecule has 2 rings (SSSR count). The summed E-state index contributed by atoms with van der Waals surface area (Å²) in [7, 11) is 1.77. The highest BCUT2D eigenvalue weighted by Crippen LogP contribution is 2.17. The maximum absolute atomic E-state index is 5.99. The van der Waals surface area contributed by atoms with Crippen molar-refractivity contribution < 1.29 is 4.74 Å². The van der Waals surface area contributed by atoms with Gasteiger partial charge in [-0.15, -0.1) is 24.0 Å². The summed E-state index contributed by atoms with van der Waals surface area (Å²) >= 11 is 0. The number of aromatic nitrogens is 2. The Morgan fingerprint density at radius 3 is 2.63 bits per heavy atom. The number of guanidine groups is 1. The Balaban J connectivity index is 0.00000364. The average Bonchev–Trinajstić information content (AvgIpc) is 3.03. The lowest BCUT2D eigenvalue weighted by Crippen LogP contribution is -2.41. The molecule has 0 amide bonds. The van der Waals surface area contributed by atoms with E-state index in [1.807, 2.05) is 37.5 Å². The average molecular weight is 485 g/mol. The van der Waals surface area contributed by atoms with Crippen LogP contribution >= 0.6 is 24.0 Å². The summed E-state index contributed by atoms with van der Waals surface area (Å²) in [5.41, 5.74) is 1.14. The minimum absolute atomic E-state index is 0. The van der Waals surface area contributed by atoms with Gasteiger partial charge in [0.15, 0.2) is 5.96 Å². The number of imidazole rings is 1. The van der Waals surface area contributed by atoms with E-state index in [-0.39, 0.29) is 30.1 Å². The molecule has 1 atom stereocenters. The third kappa shape index (κ3) is 7.78. The van der Waals surface area contributed by atoms with E-state index in [0.717, 1.165) is 29.6 Å². The molecule has 0 saturated heterocycles. The summed E-state index contributed by atoms with van der Waals surface area (Å²) in [6, 6.07) is 8.05. The van der Waals surface area contributed by atoms with Crippen molar-refractivity contribution in [3.05, 3.63) is 48.0 Å². The van der Waals surface area contributed by atoms with Crippen molar-refractivity contribution in [2.24, 2.45) is 10.9 Å². The standard InChI is InChI=1S/C20H31N5O.HI/c1-15(2)14-25-11-10-22-19(25)13-24-20(21-5)23-12-17(4)26-18-9-7-6-8-16(18)3;/h6-11,15,17H,12-14H2,1-5H3,(H2,21,23,24);1H. The molecule has 0 radical (unpaired) electrons. The van der Waals surface area contributed by atoms with Crippen molar-refractivity contribution in [1.29, 1.82) is 0 Å². The molecule has 0 aliphatic carbocycles. The number of aliphatic imine (C=N–C) groups is 1. The van der Waals surface area contributed by atoms with Crippen LogP contribution in [-0.2, 0) is 13.1 Å². The van der Waals surface area contributed by atoms with E-state index in [9.17, 15) is 0 Å². The highest BCUT2D eigenvalue weighted by atomic mass is 127. The molecule has 27 heavy (non-hydrogen) atoms. The maximum Gasteiger partial charge on any atom is 0.191 e. The molecule has 0 aliphatic rings. The number of hydrogen-bond donors (Lipinski definition) is 2. The van der Waals surface area contributed by atoms with Gasteiger partial charge in [-0.25, -0.2) is 4.98 Å². The molecule has 150 valence electrons. The van der Waals surface area contributed by atoms with E-state index in [1.165, 1.54) is 0 Å². The van der Waals surface area contributed by atoms with Gasteiger partial charge in [0.2, 0.25) is 0 Å². The van der Waals surface area contributed by atoms with Gasteiger partial charge in [0.05, 0.1) is 13.1 Å². The second kappa shape index (κ2) is 11.8. The van der Waals surface area contributed by atoms with Gasteiger partial charge < -0.3 is 19.9 Å².